The van der Waals surface area contributed by atoms with Crippen LogP contribution in [0.3, 0.4) is 0 Å². The first-order chi connectivity index (χ1) is 5.68. The Morgan fingerprint density at radius 1 is 1.50 bits per heavy atom. The van der Waals surface area contributed by atoms with E-state index in [4.69, 9.17) is 0 Å². The predicted octanol–water partition coefficient (Wildman–Crippen LogP) is -0.158. The molecule has 1 unspecified atom stereocenters. The fourth-order valence-corrected chi connectivity index (χ4v) is 1.75. The van der Waals surface area contributed by atoms with Gasteiger partial charge in [-0.3, -0.25) is 0 Å². The van der Waals surface area contributed by atoms with E-state index in [1.165, 1.54) is 26.1 Å². The van der Waals surface area contributed by atoms with E-state index in [0.29, 0.717) is 6.04 Å². The van der Waals surface area contributed by atoms with Gasteiger partial charge in [-0.1, -0.05) is 0 Å². The van der Waals surface area contributed by atoms with Gasteiger partial charge in [0.05, 0.1) is 0 Å². The molecule has 1 N–H and O–H groups in total. The average molecular weight is 171 g/mol. The van der Waals surface area contributed by atoms with Crippen molar-refractivity contribution < 1.29 is 0 Å². The minimum Gasteiger partial charge on any atom is -0.311 e. The SMILES string of the molecule is CN(C)CC1CN(C)CCCN1. The van der Waals surface area contributed by atoms with Crippen LogP contribution in [0.4, 0.5) is 0 Å². The van der Waals surface area contributed by atoms with Gasteiger partial charge in [0, 0.05) is 19.1 Å². The number of nitrogens with zero attached hydrogens (tertiary/aromatic N) is 2. The smallest absolute Gasteiger partial charge is 0.0322 e. The summed E-state index contributed by atoms with van der Waals surface area (Å²) in [4.78, 5) is 4.66. The second-order valence-corrected chi connectivity index (χ2v) is 4.03. The van der Waals surface area contributed by atoms with Gasteiger partial charge in [0.2, 0.25) is 0 Å². The van der Waals surface area contributed by atoms with Gasteiger partial charge in [-0.2, -0.15) is 0 Å². The Balaban J connectivity index is 2.31. The van der Waals surface area contributed by atoms with Gasteiger partial charge in [-0.25, -0.2) is 0 Å². The molecule has 1 saturated heterocycles. The zero-order chi connectivity index (χ0) is 8.97. The van der Waals surface area contributed by atoms with Crippen LogP contribution in [0, 0.1) is 0 Å². The standard InChI is InChI=1S/C9H21N3/c1-11(2)7-9-8-12(3)6-4-5-10-9/h9-10H,4-8H2,1-3H3. The molecule has 0 bridgehead atoms. The molecule has 1 heterocycles. The number of hydrogen-bond acceptors (Lipinski definition) is 3. The lowest BCUT2D eigenvalue weighted by Crippen LogP contribution is -2.43. The number of hydrogen-bond donors (Lipinski definition) is 1. The third kappa shape index (κ3) is 3.52. The third-order valence-electron chi connectivity index (χ3n) is 2.27. The molecule has 72 valence electrons. The molecule has 1 atom stereocenters. The normalized spacial score (nSPS) is 27.5. The van der Waals surface area contributed by atoms with Crippen LogP contribution in [0.25, 0.3) is 0 Å². The van der Waals surface area contributed by atoms with Crippen LogP contribution in [-0.2, 0) is 0 Å². The van der Waals surface area contributed by atoms with Crippen molar-refractivity contribution in [2.24, 2.45) is 0 Å². The van der Waals surface area contributed by atoms with Crippen LogP contribution in [0.15, 0.2) is 0 Å². The van der Waals surface area contributed by atoms with Gasteiger partial charge in [0.15, 0.2) is 0 Å². The van der Waals surface area contributed by atoms with Crippen LogP contribution < -0.4 is 5.32 Å². The molecule has 3 heteroatoms. The van der Waals surface area contributed by atoms with Crippen molar-refractivity contribution in [3.05, 3.63) is 0 Å². The number of likely N-dealkylation sites (N-methyl/N-ethyl adjacent to an activating group) is 2. The first-order valence-electron chi connectivity index (χ1n) is 4.75. The monoisotopic (exact) mass is 171 g/mol. The zero-order valence-electron chi connectivity index (χ0n) is 8.51. The van der Waals surface area contributed by atoms with Crippen molar-refractivity contribution in [1.82, 2.24) is 15.1 Å². The first kappa shape index (κ1) is 9.96. The van der Waals surface area contributed by atoms with Gasteiger partial charge < -0.3 is 15.1 Å². The second-order valence-electron chi connectivity index (χ2n) is 4.03. The Morgan fingerprint density at radius 3 is 2.92 bits per heavy atom. The highest BCUT2D eigenvalue weighted by atomic mass is 15.2. The fraction of sp³-hybridized carbons (Fsp3) is 1.00. The van der Waals surface area contributed by atoms with Crippen molar-refractivity contribution in [1.29, 1.82) is 0 Å². The van der Waals surface area contributed by atoms with Crippen LogP contribution in [0.5, 0.6) is 0 Å². The molecule has 0 saturated carbocycles. The Hall–Kier alpha value is -0.120. The van der Waals surface area contributed by atoms with Gasteiger partial charge in [-0.05, 0) is 40.7 Å². The van der Waals surface area contributed by atoms with Gasteiger partial charge in [0.1, 0.15) is 0 Å². The Kier molecular flexibility index (Phi) is 3.98. The predicted molar refractivity (Wildman–Crippen MR) is 52.5 cm³/mol. The minimum absolute atomic E-state index is 0.646. The maximum Gasteiger partial charge on any atom is 0.0322 e. The second kappa shape index (κ2) is 4.80. The van der Waals surface area contributed by atoms with Crippen molar-refractivity contribution in [2.75, 3.05) is 47.3 Å². The molecular formula is C9H21N3. The molecule has 0 aliphatic carbocycles. The Bertz CT molecular complexity index is 125. The summed E-state index contributed by atoms with van der Waals surface area (Å²) >= 11 is 0. The molecule has 12 heavy (non-hydrogen) atoms. The zero-order valence-corrected chi connectivity index (χ0v) is 8.51. The molecule has 0 radical (unpaired) electrons. The molecule has 1 fully saturated rings. The van der Waals surface area contributed by atoms with Gasteiger partial charge in [0.25, 0.3) is 0 Å². The average Bonchev–Trinajstić information content (AvgIpc) is 2.12. The third-order valence-corrected chi connectivity index (χ3v) is 2.27. The molecule has 1 rings (SSSR count). The lowest BCUT2D eigenvalue weighted by molar-refractivity contribution is 0.278. The summed E-state index contributed by atoms with van der Waals surface area (Å²) in [5.41, 5.74) is 0. The lowest BCUT2D eigenvalue weighted by atomic mass is 10.2. The van der Waals surface area contributed by atoms with Crippen LogP contribution in [0.2, 0.25) is 0 Å². The Morgan fingerprint density at radius 2 is 2.25 bits per heavy atom. The van der Waals surface area contributed by atoms with E-state index in [1.54, 1.807) is 0 Å². The van der Waals surface area contributed by atoms with Crippen molar-refractivity contribution >= 4 is 0 Å². The minimum atomic E-state index is 0.646. The van der Waals surface area contributed by atoms with E-state index < -0.39 is 0 Å². The van der Waals surface area contributed by atoms with E-state index in [2.05, 4.69) is 36.3 Å². The van der Waals surface area contributed by atoms with Gasteiger partial charge >= 0.3 is 0 Å². The number of nitrogens with one attached hydrogen (secondary N) is 1. The van der Waals surface area contributed by atoms with E-state index in [1.807, 2.05) is 0 Å². The fourth-order valence-electron chi connectivity index (χ4n) is 1.75. The molecule has 1 aliphatic heterocycles. The summed E-state index contributed by atoms with van der Waals surface area (Å²) in [7, 11) is 6.47. The molecule has 0 aromatic carbocycles. The van der Waals surface area contributed by atoms with Crippen molar-refractivity contribution in [2.45, 2.75) is 12.5 Å². The van der Waals surface area contributed by atoms with Crippen LogP contribution >= 0.6 is 0 Å². The van der Waals surface area contributed by atoms with E-state index in [9.17, 15) is 0 Å². The lowest BCUT2D eigenvalue weighted by Gasteiger charge is -2.23. The molecule has 1 aliphatic rings. The topological polar surface area (TPSA) is 18.5 Å². The molecule has 0 aromatic heterocycles. The van der Waals surface area contributed by atoms with E-state index in [-0.39, 0.29) is 0 Å². The molecule has 0 spiro atoms. The Labute approximate surface area is 75.7 Å². The first-order valence-corrected chi connectivity index (χ1v) is 4.75. The number of rotatable bonds is 2. The van der Waals surface area contributed by atoms with Crippen LogP contribution in [-0.4, -0.2) is 63.2 Å². The summed E-state index contributed by atoms with van der Waals surface area (Å²) in [6.45, 7) is 4.72. The van der Waals surface area contributed by atoms with Crippen molar-refractivity contribution in [3.63, 3.8) is 0 Å². The maximum absolute atomic E-state index is 3.56. The summed E-state index contributed by atoms with van der Waals surface area (Å²) < 4.78 is 0. The van der Waals surface area contributed by atoms with E-state index in [0.717, 1.165) is 6.54 Å². The van der Waals surface area contributed by atoms with Crippen LogP contribution in [0.1, 0.15) is 6.42 Å². The molecular weight excluding hydrogens is 150 g/mol. The molecule has 0 amide bonds. The van der Waals surface area contributed by atoms with Crippen molar-refractivity contribution in [3.8, 4) is 0 Å². The highest BCUT2D eigenvalue weighted by Gasteiger charge is 2.14. The summed E-state index contributed by atoms with van der Waals surface area (Å²) in [5.74, 6) is 0. The quantitative estimate of drug-likeness (QED) is 0.623. The highest BCUT2D eigenvalue weighted by Crippen LogP contribution is 1.98. The summed E-state index contributed by atoms with van der Waals surface area (Å²) in [6.07, 6.45) is 1.28. The summed E-state index contributed by atoms with van der Waals surface area (Å²) in [5, 5.41) is 3.56. The molecule has 3 nitrogen and oxygen atoms in total. The largest absolute Gasteiger partial charge is 0.311 e. The van der Waals surface area contributed by atoms with E-state index >= 15 is 0 Å². The van der Waals surface area contributed by atoms with Gasteiger partial charge in [-0.15, -0.1) is 0 Å². The summed E-state index contributed by atoms with van der Waals surface area (Å²) in [6, 6.07) is 0.646. The molecule has 0 aromatic rings. The maximum atomic E-state index is 3.56. The highest BCUT2D eigenvalue weighted by molar-refractivity contribution is 4.76.